The highest BCUT2D eigenvalue weighted by atomic mass is 16.2. The lowest BCUT2D eigenvalue weighted by molar-refractivity contribution is -0.122. The average molecular weight is 327 g/mol. The fraction of sp³-hybridized carbons (Fsp3) is 0.500. The molecule has 2 aromatic rings. The quantitative estimate of drug-likeness (QED) is 0.911. The van der Waals surface area contributed by atoms with Crippen LogP contribution in [0.1, 0.15) is 41.5 Å². The first-order valence-electron chi connectivity index (χ1n) is 8.47. The van der Waals surface area contributed by atoms with E-state index in [1.807, 2.05) is 29.9 Å². The summed E-state index contributed by atoms with van der Waals surface area (Å²) in [5.74, 6) is 0.0479. The Morgan fingerprint density at radius 1 is 1.38 bits per heavy atom. The van der Waals surface area contributed by atoms with Gasteiger partial charge >= 0.3 is 0 Å². The van der Waals surface area contributed by atoms with Crippen LogP contribution < -0.4 is 5.32 Å². The Kier molecular flexibility index (Phi) is 4.94. The summed E-state index contributed by atoms with van der Waals surface area (Å²) >= 11 is 0. The van der Waals surface area contributed by atoms with Crippen LogP contribution in [0.4, 0.5) is 0 Å². The van der Waals surface area contributed by atoms with E-state index in [1.165, 1.54) is 11.3 Å². The summed E-state index contributed by atoms with van der Waals surface area (Å²) in [7, 11) is 1.98. The number of amides is 1. The van der Waals surface area contributed by atoms with Gasteiger partial charge in [0.25, 0.3) is 0 Å². The highest BCUT2D eigenvalue weighted by molar-refractivity contribution is 5.78. The molecule has 2 aromatic heterocycles. The Labute approximate surface area is 142 Å². The molecule has 1 N–H and O–H groups in total. The first-order valence-corrected chi connectivity index (χ1v) is 8.47. The Morgan fingerprint density at radius 3 is 2.88 bits per heavy atom. The van der Waals surface area contributed by atoms with E-state index in [0.717, 1.165) is 30.8 Å². The van der Waals surface area contributed by atoms with Crippen molar-refractivity contribution >= 4 is 5.91 Å². The number of carbonyl (C=O) groups is 1. The summed E-state index contributed by atoms with van der Waals surface area (Å²) in [6, 6.07) is 6.01. The van der Waals surface area contributed by atoms with Gasteiger partial charge in [0.1, 0.15) is 0 Å². The molecule has 0 aromatic carbocycles. The van der Waals surface area contributed by atoms with Crippen LogP contribution in [0, 0.1) is 13.8 Å². The van der Waals surface area contributed by atoms with Gasteiger partial charge in [-0.05, 0) is 45.4 Å². The fourth-order valence-corrected chi connectivity index (χ4v) is 3.55. The molecule has 3 rings (SSSR count). The summed E-state index contributed by atoms with van der Waals surface area (Å²) in [6.07, 6.45) is 3.94. The maximum absolute atomic E-state index is 12.3. The molecule has 0 aliphatic carbocycles. The topological polar surface area (TPSA) is 63.1 Å². The first kappa shape index (κ1) is 16.6. The molecule has 1 atom stereocenters. The van der Waals surface area contributed by atoms with E-state index in [2.05, 4.69) is 34.1 Å². The molecular weight excluding hydrogens is 302 g/mol. The number of aromatic nitrogens is 3. The van der Waals surface area contributed by atoms with Gasteiger partial charge in [0.2, 0.25) is 5.91 Å². The molecule has 0 radical (unpaired) electrons. The molecule has 1 saturated heterocycles. The number of carbonyl (C=O) groups excluding carboxylic acids is 1. The number of aryl methyl sites for hydroxylation is 2. The molecule has 0 saturated carbocycles. The number of pyridine rings is 1. The minimum absolute atomic E-state index is 0.0479. The Balaban J connectivity index is 1.62. The number of nitrogens with one attached hydrogen (secondary N) is 1. The van der Waals surface area contributed by atoms with Crippen molar-refractivity contribution in [1.82, 2.24) is 25.0 Å². The monoisotopic (exact) mass is 327 g/mol. The second kappa shape index (κ2) is 7.13. The molecule has 24 heavy (non-hydrogen) atoms. The van der Waals surface area contributed by atoms with E-state index >= 15 is 0 Å². The van der Waals surface area contributed by atoms with Crippen LogP contribution in [-0.2, 0) is 18.4 Å². The second-order valence-corrected chi connectivity index (χ2v) is 6.43. The Morgan fingerprint density at radius 2 is 2.21 bits per heavy atom. The van der Waals surface area contributed by atoms with Gasteiger partial charge in [-0.1, -0.05) is 6.07 Å². The lowest BCUT2D eigenvalue weighted by Crippen LogP contribution is -2.37. The van der Waals surface area contributed by atoms with Crippen molar-refractivity contribution in [2.45, 2.75) is 39.3 Å². The Bertz CT molecular complexity index is 710. The summed E-state index contributed by atoms with van der Waals surface area (Å²) < 4.78 is 1.93. The Hall–Kier alpha value is -2.21. The van der Waals surface area contributed by atoms with Gasteiger partial charge in [0, 0.05) is 30.5 Å². The predicted molar refractivity (Wildman–Crippen MR) is 92.3 cm³/mol. The van der Waals surface area contributed by atoms with Crippen LogP contribution in [0.5, 0.6) is 0 Å². The van der Waals surface area contributed by atoms with Gasteiger partial charge in [0.05, 0.1) is 24.5 Å². The minimum Gasteiger partial charge on any atom is -0.349 e. The number of likely N-dealkylation sites (tertiary alicyclic amines) is 1. The van der Waals surface area contributed by atoms with Crippen LogP contribution in [0.15, 0.2) is 24.4 Å². The molecule has 6 nitrogen and oxygen atoms in total. The van der Waals surface area contributed by atoms with Crippen molar-refractivity contribution in [1.29, 1.82) is 0 Å². The molecule has 128 valence electrons. The van der Waals surface area contributed by atoms with Crippen molar-refractivity contribution in [3.8, 4) is 0 Å². The van der Waals surface area contributed by atoms with E-state index in [0.29, 0.717) is 19.1 Å². The molecule has 1 amide bonds. The smallest absolute Gasteiger partial charge is 0.234 e. The van der Waals surface area contributed by atoms with Crippen LogP contribution in [-0.4, -0.2) is 38.7 Å². The van der Waals surface area contributed by atoms with Crippen molar-refractivity contribution < 1.29 is 4.79 Å². The summed E-state index contributed by atoms with van der Waals surface area (Å²) in [6.45, 7) is 6.01. The lowest BCUT2D eigenvalue weighted by atomic mass is 10.0. The molecule has 1 aliphatic heterocycles. The van der Waals surface area contributed by atoms with Crippen LogP contribution in [0.2, 0.25) is 0 Å². The largest absolute Gasteiger partial charge is 0.349 e. The summed E-state index contributed by atoms with van der Waals surface area (Å²) in [5, 5.41) is 7.49. The van der Waals surface area contributed by atoms with Crippen molar-refractivity contribution in [3.05, 3.63) is 47.0 Å². The third-order valence-corrected chi connectivity index (χ3v) is 4.80. The van der Waals surface area contributed by atoms with Gasteiger partial charge in [-0.2, -0.15) is 5.10 Å². The average Bonchev–Trinajstić information content (AvgIpc) is 3.11. The molecule has 1 aliphatic rings. The van der Waals surface area contributed by atoms with Crippen molar-refractivity contribution in [3.63, 3.8) is 0 Å². The summed E-state index contributed by atoms with van der Waals surface area (Å²) in [4.78, 5) is 18.8. The van der Waals surface area contributed by atoms with E-state index < -0.39 is 0 Å². The van der Waals surface area contributed by atoms with Gasteiger partial charge in [-0.3, -0.25) is 19.4 Å². The zero-order chi connectivity index (χ0) is 17.1. The second-order valence-electron chi connectivity index (χ2n) is 6.43. The highest BCUT2D eigenvalue weighted by Gasteiger charge is 2.31. The van der Waals surface area contributed by atoms with Crippen molar-refractivity contribution in [2.24, 2.45) is 7.05 Å². The SMILES string of the molecule is Cc1nn(C)c(C)c1[C@H]1CCCN1CC(=O)NCc1ccccn1. The van der Waals surface area contributed by atoms with E-state index in [4.69, 9.17) is 0 Å². The fourth-order valence-electron chi connectivity index (χ4n) is 3.55. The molecule has 1 fully saturated rings. The molecule has 0 unspecified atom stereocenters. The number of nitrogens with zero attached hydrogens (tertiary/aromatic N) is 4. The van der Waals surface area contributed by atoms with Gasteiger partial charge in [-0.25, -0.2) is 0 Å². The predicted octanol–water partition coefficient (Wildman–Crippen LogP) is 1.89. The summed E-state index contributed by atoms with van der Waals surface area (Å²) in [5.41, 5.74) is 4.43. The molecule has 0 spiro atoms. The molecule has 0 bridgehead atoms. The lowest BCUT2D eigenvalue weighted by Gasteiger charge is -2.24. The standard InChI is InChI=1S/C18H25N5O/c1-13-18(14(2)22(3)21-13)16-8-6-10-23(16)12-17(24)20-11-15-7-4-5-9-19-15/h4-5,7,9,16H,6,8,10-12H2,1-3H3,(H,20,24)/t16-/m1/s1. The van der Waals surface area contributed by atoms with E-state index in [1.54, 1.807) is 6.20 Å². The van der Waals surface area contributed by atoms with Gasteiger partial charge in [0.15, 0.2) is 0 Å². The maximum atomic E-state index is 12.3. The molecule has 3 heterocycles. The highest BCUT2D eigenvalue weighted by Crippen LogP contribution is 2.34. The maximum Gasteiger partial charge on any atom is 0.234 e. The normalized spacial score (nSPS) is 18.0. The van der Waals surface area contributed by atoms with Gasteiger partial charge < -0.3 is 5.32 Å². The number of hydrogen-bond donors (Lipinski definition) is 1. The van der Waals surface area contributed by atoms with E-state index in [-0.39, 0.29) is 5.91 Å². The zero-order valence-electron chi connectivity index (χ0n) is 14.6. The molecule has 6 heteroatoms. The van der Waals surface area contributed by atoms with E-state index in [9.17, 15) is 4.79 Å². The van der Waals surface area contributed by atoms with Crippen LogP contribution >= 0.6 is 0 Å². The third kappa shape index (κ3) is 3.48. The third-order valence-electron chi connectivity index (χ3n) is 4.80. The minimum atomic E-state index is 0.0479. The number of rotatable bonds is 5. The number of hydrogen-bond acceptors (Lipinski definition) is 4. The van der Waals surface area contributed by atoms with Crippen LogP contribution in [0.25, 0.3) is 0 Å². The first-order chi connectivity index (χ1) is 11.6. The zero-order valence-corrected chi connectivity index (χ0v) is 14.6. The van der Waals surface area contributed by atoms with Crippen LogP contribution in [0.3, 0.4) is 0 Å². The van der Waals surface area contributed by atoms with Gasteiger partial charge in [-0.15, -0.1) is 0 Å². The van der Waals surface area contributed by atoms with Crippen molar-refractivity contribution in [2.75, 3.05) is 13.1 Å². The molecular formula is C18H25N5O.